The average Bonchev–Trinajstić information content (AvgIpc) is 3.07. The van der Waals surface area contributed by atoms with Gasteiger partial charge in [0, 0.05) is 11.1 Å². The van der Waals surface area contributed by atoms with Gasteiger partial charge in [-0.25, -0.2) is 4.98 Å². The van der Waals surface area contributed by atoms with E-state index in [1.54, 1.807) is 0 Å². The minimum atomic E-state index is 0.166. The maximum absolute atomic E-state index is 6.54. The Balaban J connectivity index is 1.21. The van der Waals surface area contributed by atoms with E-state index in [4.69, 9.17) is 16.6 Å². The van der Waals surface area contributed by atoms with Gasteiger partial charge in [-0.2, -0.15) is 9.97 Å². The Morgan fingerprint density at radius 1 is 0.349 bits per heavy atom. The maximum Gasteiger partial charge on any atom is 0.226 e. The first-order valence-corrected chi connectivity index (χ1v) is 14.6. The van der Waals surface area contributed by atoms with Crippen molar-refractivity contribution >= 4 is 43.9 Å². The lowest BCUT2D eigenvalue weighted by Crippen LogP contribution is -1.98. The van der Waals surface area contributed by atoms with Crippen LogP contribution >= 0.6 is 11.6 Å². The van der Waals surface area contributed by atoms with Crippen LogP contribution in [0.3, 0.4) is 0 Å². The zero-order valence-corrected chi connectivity index (χ0v) is 23.8. The van der Waals surface area contributed by atoms with Crippen molar-refractivity contribution in [3.63, 3.8) is 0 Å². The Bertz CT molecular complexity index is 2320. The molecule has 1 heterocycles. The van der Waals surface area contributed by atoms with Crippen molar-refractivity contribution in [3.05, 3.63) is 151 Å². The number of hydrogen-bond donors (Lipinski definition) is 0. The molecule has 1 aromatic heterocycles. The molecule has 0 atom stereocenters. The van der Waals surface area contributed by atoms with Crippen molar-refractivity contribution in [1.29, 1.82) is 0 Å². The summed E-state index contributed by atoms with van der Waals surface area (Å²) in [5, 5.41) is 7.27. The number of nitrogens with zero attached hydrogens (tertiary/aromatic N) is 3. The molecule has 0 aliphatic carbocycles. The highest BCUT2D eigenvalue weighted by molar-refractivity contribution is 6.28. The molecule has 0 fully saturated rings. The summed E-state index contributed by atoms with van der Waals surface area (Å²) in [5.74, 6) is 1.09. The van der Waals surface area contributed by atoms with Gasteiger partial charge < -0.3 is 0 Å². The van der Waals surface area contributed by atoms with E-state index >= 15 is 0 Å². The predicted molar refractivity (Wildman–Crippen MR) is 179 cm³/mol. The Morgan fingerprint density at radius 3 is 1.60 bits per heavy atom. The molecule has 0 aliphatic heterocycles. The van der Waals surface area contributed by atoms with E-state index in [2.05, 4.69) is 137 Å². The highest BCUT2D eigenvalue weighted by Gasteiger charge is 2.15. The van der Waals surface area contributed by atoms with Gasteiger partial charge in [-0.15, -0.1) is 0 Å². The van der Waals surface area contributed by atoms with Gasteiger partial charge in [0.1, 0.15) is 0 Å². The number of benzene rings is 7. The summed E-state index contributed by atoms with van der Waals surface area (Å²) in [6.45, 7) is 0. The minimum absolute atomic E-state index is 0.166. The molecule has 0 saturated carbocycles. The van der Waals surface area contributed by atoms with E-state index < -0.39 is 0 Å². The second-order valence-corrected chi connectivity index (χ2v) is 11.0. The summed E-state index contributed by atoms with van der Waals surface area (Å²) in [6, 6.07) is 50.8. The zero-order chi connectivity index (χ0) is 28.8. The first kappa shape index (κ1) is 25.3. The summed E-state index contributed by atoms with van der Waals surface area (Å²) >= 11 is 6.54. The third kappa shape index (κ3) is 4.61. The van der Waals surface area contributed by atoms with Crippen LogP contribution in [0.2, 0.25) is 5.28 Å². The first-order chi connectivity index (χ1) is 21.2. The van der Waals surface area contributed by atoms with Gasteiger partial charge in [0.15, 0.2) is 11.6 Å². The minimum Gasteiger partial charge on any atom is -0.208 e. The van der Waals surface area contributed by atoms with Crippen molar-refractivity contribution in [2.75, 3.05) is 0 Å². The van der Waals surface area contributed by atoms with Gasteiger partial charge >= 0.3 is 0 Å². The molecule has 3 nitrogen and oxygen atoms in total. The van der Waals surface area contributed by atoms with Crippen LogP contribution in [0, 0.1) is 0 Å². The SMILES string of the molecule is Clc1nc(-c2ccc3cc(-c4cccc5ccccc45)ccc3c2)nc(-c2ccccc2-c2cccc3ccccc23)n1. The highest BCUT2D eigenvalue weighted by atomic mass is 35.5. The molecular formula is C39H24ClN3. The molecular weight excluding hydrogens is 546 g/mol. The normalized spacial score (nSPS) is 11.4. The highest BCUT2D eigenvalue weighted by Crippen LogP contribution is 2.36. The van der Waals surface area contributed by atoms with Crippen molar-refractivity contribution in [2.45, 2.75) is 0 Å². The molecule has 0 bridgehead atoms. The molecule has 7 aromatic carbocycles. The van der Waals surface area contributed by atoms with Crippen LogP contribution in [-0.2, 0) is 0 Å². The summed E-state index contributed by atoms with van der Waals surface area (Å²) < 4.78 is 0. The Labute approximate surface area is 254 Å². The summed E-state index contributed by atoms with van der Waals surface area (Å²) in [6.07, 6.45) is 0. The molecule has 8 rings (SSSR count). The van der Waals surface area contributed by atoms with Crippen molar-refractivity contribution in [3.8, 4) is 45.0 Å². The van der Waals surface area contributed by atoms with E-state index in [0.29, 0.717) is 11.6 Å². The standard InChI is InChI=1S/C39H24ClN3/c40-39-42-37(41-38(43-39)36-16-6-5-15-35(36)34-18-8-12-26-10-2-4-14-32(26)34)30-22-20-27-23-29(21-19-28(27)24-30)33-17-7-11-25-9-1-3-13-31(25)33/h1-24H. The maximum atomic E-state index is 6.54. The average molecular weight is 570 g/mol. The van der Waals surface area contributed by atoms with Crippen LogP contribution in [0.15, 0.2) is 146 Å². The number of fused-ring (bicyclic) bond motifs is 3. The van der Waals surface area contributed by atoms with Crippen LogP contribution in [-0.4, -0.2) is 15.0 Å². The largest absolute Gasteiger partial charge is 0.226 e. The number of rotatable bonds is 4. The molecule has 202 valence electrons. The van der Waals surface area contributed by atoms with Crippen molar-refractivity contribution < 1.29 is 0 Å². The number of hydrogen-bond acceptors (Lipinski definition) is 3. The Morgan fingerprint density at radius 2 is 0.860 bits per heavy atom. The predicted octanol–water partition coefficient (Wildman–Crippen LogP) is 10.7. The van der Waals surface area contributed by atoms with Crippen LogP contribution < -0.4 is 0 Å². The van der Waals surface area contributed by atoms with Crippen molar-refractivity contribution in [2.24, 2.45) is 0 Å². The Kier molecular flexibility index (Phi) is 6.17. The van der Waals surface area contributed by atoms with Crippen LogP contribution in [0.4, 0.5) is 0 Å². The van der Waals surface area contributed by atoms with E-state index in [9.17, 15) is 0 Å². The van der Waals surface area contributed by atoms with Crippen LogP contribution in [0.25, 0.3) is 77.3 Å². The molecule has 4 heteroatoms. The van der Waals surface area contributed by atoms with E-state index in [0.717, 1.165) is 33.0 Å². The van der Waals surface area contributed by atoms with E-state index in [1.165, 1.54) is 32.7 Å². The monoisotopic (exact) mass is 569 g/mol. The lowest BCUT2D eigenvalue weighted by atomic mass is 9.94. The van der Waals surface area contributed by atoms with Gasteiger partial charge in [0.2, 0.25) is 5.28 Å². The smallest absolute Gasteiger partial charge is 0.208 e. The fraction of sp³-hybridized carbons (Fsp3) is 0. The molecule has 0 radical (unpaired) electrons. The zero-order valence-electron chi connectivity index (χ0n) is 23.1. The van der Waals surface area contributed by atoms with Crippen molar-refractivity contribution in [1.82, 2.24) is 15.0 Å². The topological polar surface area (TPSA) is 38.7 Å². The molecule has 43 heavy (non-hydrogen) atoms. The molecule has 8 aromatic rings. The van der Waals surface area contributed by atoms with Gasteiger partial charge in [-0.3, -0.25) is 0 Å². The fourth-order valence-electron chi connectivity index (χ4n) is 6.00. The lowest BCUT2D eigenvalue weighted by Gasteiger charge is -2.13. The quantitative estimate of drug-likeness (QED) is 0.211. The molecule has 0 aliphatic rings. The van der Waals surface area contributed by atoms with Crippen LogP contribution in [0.5, 0.6) is 0 Å². The second kappa shape index (κ2) is 10.5. The number of aromatic nitrogens is 3. The van der Waals surface area contributed by atoms with Crippen LogP contribution in [0.1, 0.15) is 0 Å². The van der Waals surface area contributed by atoms with E-state index in [1.807, 2.05) is 18.2 Å². The van der Waals surface area contributed by atoms with Gasteiger partial charge in [0.25, 0.3) is 0 Å². The number of halogens is 1. The molecule has 0 unspecified atom stereocenters. The third-order valence-corrected chi connectivity index (χ3v) is 8.22. The molecule has 0 amide bonds. The molecule has 0 saturated heterocycles. The van der Waals surface area contributed by atoms with Gasteiger partial charge in [-0.1, -0.05) is 133 Å². The molecule has 0 N–H and O–H groups in total. The lowest BCUT2D eigenvalue weighted by molar-refractivity contribution is 1.07. The summed E-state index contributed by atoms with van der Waals surface area (Å²) in [4.78, 5) is 14.0. The first-order valence-electron chi connectivity index (χ1n) is 14.2. The summed E-state index contributed by atoms with van der Waals surface area (Å²) in [7, 11) is 0. The summed E-state index contributed by atoms with van der Waals surface area (Å²) in [5.41, 5.74) is 6.38. The van der Waals surface area contributed by atoms with Gasteiger partial charge in [0.05, 0.1) is 0 Å². The van der Waals surface area contributed by atoms with Gasteiger partial charge in [-0.05, 0) is 78.3 Å². The third-order valence-electron chi connectivity index (χ3n) is 8.05. The molecule has 0 spiro atoms. The van der Waals surface area contributed by atoms with E-state index in [-0.39, 0.29) is 5.28 Å². The second-order valence-electron chi connectivity index (χ2n) is 10.6. The fourth-order valence-corrected chi connectivity index (χ4v) is 6.16. The Hall–Kier alpha value is -5.38.